The van der Waals surface area contributed by atoms with E-state index in [2.05, 4.69) is 24.1 Å². The molecule has 0 bridgehead atoms. The molecule has 0 aromatic heterocycles. The smallest absolute Gasteiger partial charge is 0.234 e. The summed E-state index contributed by atoms with van der Waals surface area (Å²) in [5.41, 5.74) is 0. The van der Waals surface area contributed by atoms with Gasteiger partial charge >= 0.3 is 0 Å². The Bertz CT molecular complexity index is 158. The van der Waals surface area contributed by atoms with Gasteiger partial charge in [0.15, 0.2) is 0 Å². The van der Waals surface area contributed by atoms with Crippen LogP contribution in [0.1, 0.15) is 13.8 Å². The maximum Gasteiger partial charge on any atom is 0.234 e. The van der Waals surface area contributed by atoms with Crippen molar-refractivity contribution in [3.63, 3.8) is 0 Å². The highest BCUT2D eigenvalue weighted by atomic mass is 16.2. The van der Waals surface area contributed by atoms with E-state index in [1.54, 1.807) is 0 Å². The molecule has 0 aliphatic carbocycles. The molecule has 1 rings (SSSR count). The van der Waals surface area contributed by atoms with Gasteiger partial charge in [-0.15, -0.1) is 0 Å². The number of nitrogens with one attached hydrogen (secondary N) is 1. The summed E-state index contributed by atoms with van der Waals surface area (Å²) < 4.78 is 0. The molecule has 0 aromatic carbocycles. The average molecular weight is 156 g/mol. The van der Waals surface area contributed by atoms with Crippen molar-refractivity contribution in [2.24, 2.45) is 5.92 Å². The van der Waals surface area contributed by atoms with Crippen LogP contribution >= 0.6 is 0 Å². The molecule has 1 amide bonds. The van der Waals surface area contributed by atoms with E-state index in [9.17, 15) is 4.79 Å². The van der Waals surface area contributed by atoms with Crippen molar-refractivity contribution >= 4 is 5.91 Å². The van der Waals surface area contributed by atoms with Crippen LogP contribution in [0.15, 0.2) is 0 Å². The van der Waals surface area contributed by atoms with E-state index in [0.717, 1.165) is 6.54 Å². The monoisotopic (exact) mass is 156 g/mol. The summed E-state index contributed by atoms with van der Waals surface area (Å²) in [6.45, 7) is 5.75. The highest BCUT2D eigenvalue weighted by Crippen LogP contribution is 2.07. The Morgan fingerprint density at radius 1 is 1.55 bits per heavy atom. The number of amides is 1. The topological polar surface area (TPSA) is 32.3 Å². The van der Waals surface area contributed by atoms with Gasteiger partial charge in [-0.2, -0.15) is 0 Å². The number of hydrogen-bond acceptors (Lipinski definition) is 2. The van der Waals surface area contributed by atoms with Crippen LogP contribution in [0, 0.1) is 5.92 Å². The lowest BCUT2D eigenvalue weighted by molar-refractivity contribution is -0.121. The van der Waals surface area contributed by atoms with Gasteiger partial charge in [0.1, 0.15) is 0 Å². The third-order valence-electron chi connectivity index (χ3n) is 2.26. The first-order chi connectivity index (χ1) is 5.09. The minimum atomic E-state index is 0.143. The number of rotatable bonds is 0. The van der Waals surface area contributed by atoms with Gasteiger partial charge in [-0.25, -0.2) is 0 Å². The van der Waals surface area contributed by atoms with Crippen LogP contribution in [0.3, 0.4) is 0 Å². The summed E-state index contributed by atoms with van der Waals surface area (Å²) in [6, 6.07) is 0.312. The van der Waals surface area contributed by atoms with Crippen molar-refractivity contribution < 1.29 is 4.79 Å². The highest BCUT2D eigenvalue weighted by molar-refractivity contribution is 5.78. The van der Waals surface area contributed by atoms with E-state index in [4.69, 9.17) is 0 Å². The summed E-state index contributed by atoms with van der Waals surface area (Å²) in [5, 5.41) is 2.94. The molecule has 64 valence electrons. The lowest BCUT2D eigenvalue weighted by Gasteiger charge is -2.18. The van der Waals surface area contributed by atoms with E-state index in [1.165, 1.54) is 0 Å². The van der Waals surface area contributed by atoms with E-state index in [-0.39, 0.29) is 5.91 Å². The minimum absolute atomic E-state index is 0.143. The first kappa shape index (κ1) is 8.53. The maximum absolute atomic E-state index is 11.1. The van der Waals surface area contributed by atoms with Crippen LogP contribution in [0.4, 0.5) is 0 Å². The third-order valence-corrected chi connectivity index (χ3v) is 2.26. The Kier molecular flexibility index (Phi) is 2.49. The number of hydrogen-bond donors (Lipinski definition) is 1. The van der Waals surface area contributed by atoms with E-state index in [1.807, 2.05) is 7.05 Å². The molecule has 0 radical (unpaired) electrons. The molecule has 2 atom stereocenters. The second kappa shape index (κ2) is 3.22. The van der Waals surface area contributed by atoms with E-state index in [0.29, 0.717) is 18.5 Å². The first-order valence-corrected chi connectivity index (χ1v) is 4.07. The zero-order chi connectivity index (χ0) is 8.43. The van der Waals surface area contributed by atoms with Gasteiger partial charge in [-0.05, 0) is 19.9 Å². The Labute approximate surface area is 67.8 Å². The quantitative estimate of drug-likeness (QED) is 0.538. The summed E-state index contributed by atoms with van der Waals surface area (Å²) >= 11 is 0. The van der Waals surface area contributed by atoms with Crippen LogP contribution in [-0.4, -0.2) is 37.0 Å². The van der Waals surface area contributed by atoms with Gasteiger partial charge in [0.25, 0.3) is 0 Å². The SMILES string of the molecule is CC1CN(C)CC(=O)NC1C. The summed E-state index contributed by atoms with van der Waals surface area (Å²) in [6.07, 6.45) is 0. The first-order valence-electron chi connectivity index (χ1n) is 4.07. The lowest BCUT2D eigenvalue weighted by atomic mass is 10.0. The molecule has 1 aliphatic rings. The zero-order valence-corrected chi connectivity index (χ0v) is 7.42. The molecule has 0 saturated carbocycles. The number of likely N-dealkylation sites (N-methyl/N-ethyl adjacent to an activating group) is 1. The second-order valence-corrected chi connectivity index (χ2v) is 3.53. The summed E-state index contributed by atoms with van der Waals surface area (Å²) in [5.74, 6) is 0.691. The number of nitrogens with zero attached hydrogens (tertiary/aromatic N) is 1. The molecule has 0 aromatic rings. The zero-order valence-electron chi connectivity index (χ0n) is 7.42. The van der Waals surface area contributed by atoms with Crippen molar-refractivity contribution in [3.8, 4) is 0 Å². The van der Waals surface area contributed by atoms with E-state index < -0.39 is 0 Å². The molecule has 3 nitrogen and oxygen atoms in total. The normalized spacial score (nSPS) is 34.6. The largest absolute Gasteiger partial charge is 0.352 e. The van der Waals surface area contributed by atoms with Crippen LogP contribution in [0.25, 0.3) is 0 Å². The number of carbonyl (C=O) groups excluding carboxylic acids is 1. The van der Waals surface area contributed by atoms with Crippen LogP contribution in [0.2, 0.25) is 0 Å². The van der Waals surface area contributed by atoms with E-state index >= 15 is 0 Å². The van der Waals surface area contributed by atoms with Crippen molar-refractivity contribution in [2.75, 3.05) is 20.1 Å². The molecule has 0 spiro atoms. The molecular weight excluding hydrogens is 140 g/mol. The molecule has 1 aliphatic heterocycles. The summed E-state index contributed by atoms with van der Waals surface area (Å²) in [4.78, 5) is 13.2. The number of carbonyl (C=O) groups is 1. The highest BCUT2D eigenvalue weighted by Gasteiger charge is 2.21. The van der Waals surface area contributed by atoms with Crippen LogP contribution < -0.4 is 5.32 Å². The molecule has 1 fully saturated rings. The Morgan fingerprint density at radius 3 is 2.82 bits per heavy atom. The van der Waals surface area contributed by atoms with Gasteiger partial charge in [-0.1, -0.05) is 6.92 Å². The fourth-order valence-electron chi connectivity index (χ4n) is 1.40. The molecule has 1 heterocycles. The molecule has 1 N–H and O–H groups in total. The second-order valence-electron chi connectivity index (χ2n) is 3.53. The minimum Gasteiger partial charge on any atom is -0.352 e. The van der Waals surface area contributed by atoms with Gasteiger partial charge < -0.3 is 5.32 Å². The van der Waals surface area contributed by atoms with Crippen molar-refractivity contribution in [2.45, 2.75) is 19.9 Å². The molecule has 2 unspecified atom stereocenters. The van der Waals surface area contributed by atoms with Crippen molar-refractivity contribution in [3.05, 3.63) is 0 Å². The lowest BCUT2D eigenvalue weighted by Crippen LogP contribution is -2.36. The Balaban J connectivity index is 2.58. The standard InChI is InChI=1S/C8H16N2O/c1-6-4-10(3)5-8(11)9-7(6)2/h6-7H,4-5H2,1-3H3,(H,9,11). The van der Waals surface area contributed by atoms with Crippen LogP contribution in [-0.2, 0) is 4.79 Å². The Hall–Kier alpha value is -0.570. The van der Waals surface area contributed by atoms with Gasteiger partial charge in [0, 0.05) is 12.6 Å². The van der Waals surface area contributed by atoms with Gasteiger partial charge in [-0.3, -0.25) is 9.69 Å². The molecular formula is C8H16N2O. The molecule has 11 heavy (non-hydrogen) atoms. The predicted molar refractivity (Wildman–Crippen MR) is 44.3 cm³/mol. The summed E-state index contributed by atoms with van der Waals surface area (Å²) in [7, 11) is 1.98. The third kappa shape index (κ3) is 2.19. The predicted octanol–water partition coefficient (Wildman–Crippen LogP) is 0.0726. The van der Waals surface area contributed by atoms with Gasteiger partial charge in [0.05, 0.1) is 6.54 Å². The fraction of sp³-hybridized carbons (Fsp3) is 0.875. The molecule has 3 heteroatoms. The Morgan fingerprint density at radius 2 is 2.18 bits per heavy atom. The fourth-order valence-corrected chi connectivity index (χ4v) is 1.40. The van der Waals surface area contributed by atoms with Crippen molar-refractivity contribution in [1.29, 1.82) is 0 Å². The molecule has 1 saturated heterocycles. The maximum atomic E-state index is 11.1. The van der Waals surface area contributed by atoms with Gasteiger partial charge in [0.2, 0.25) is 5.91 Å². The van der Waals surface area contributed by atoms with Crippen LogP contribution in [0.5, 0.6) is 0 Å². The average Bonchev–Trinajstić information content (AvgIpc) is 1.93. The van der Waals surface area contributed by atoms with Crippen molar-refractivity contribution in [1.82, 2.24) is 10.2 Å².